The van der Waals surface area contributed by atoms with Crippen LogP contribution in [0.15, 0.2) is 78.9 Å². The number of hydrogen-bond acceptors (Lipinski definition) is 0. The fraction of sp³-hybridized carbons (Fsp3) is 0.286. The molecule has 0 fully saturated rings. The predicted octanol–water partition coefficient (Wildman–Crippen LogP) is 5.18. The molecule has 0 spiro atoms. The minimum atomic E-state index is 0.550. The van der Waals surface area contributed by atoms with E-state index in [1.807, 2.05) is 0 Å². The standard InChI is InChI=1S/C28H30N2/c1-21-15-16-27-25(19-21)24-13-8-14-26(29-18-17-22-9-4-2-5-10-22)28(24)30(27)20-23-11-6-3-7-12-23/h2-7,9-12,15-16,19,26,29H,8,13-14,17-18,20H2,1H3/p+1/t26-/m0/s1. The molecule has 5 rings (SSSR count). The lowest BCUT2D eigenvalue weighted by Gasteiger charge is -2.24. The van der Waals surface area contributed by atoms with Gasteiger partial charge in [0.25, 0.3) is 0 Å². The maximum Gasteiger partial charge on any atom is 0.127 e. The molecule has 2 nitrogen and oxygen atoms in total. The average Bonchev–Trinajstić information content (AvgIpc) is 3.09. The van der Waals surface area contributed by atoms with Crippen molar-refractivity contribution in [2.45, 2.75) is 45.2 Å². The van der Waals surface area contributed by atoms with E-state index in [-0.39, 0.29) is 0 Å². The molecule has 1 heterocycles. The van der Waals surface area contributed by atoms with Crippen molar-refractivity contribution in [3.05, 3.63) is 107 Å². The van der Waals surface area contributed by atoms with Gasteiger partial charge in [-0.15, -0.1) is 0 Å². The highest BCUT2D eigenvalue weighted by Gasteiger charge is 2.29. The number of nitrogens with two attached hydrogens (primary N) is 1. The number of fused-ring (bicyclic) bond motifs is 3. The smallest absolute Gasteiger partial charge is 0.127 e. The van der Waals surface area contributed by atoms with Crippen LogP contribution < -0.4 is 5.32 Å². The predicted molar refractivity (Wildman–Crippen MR) is 125 cm³/mol. The second-order valence-corrected chi connectivity index (χ2v) is 8.71. The summed E-state index contributed by atoms with van der Waals surface area (Å²) in [5, 5.41) is 4.07. The molecule has 0 unspecified atom stereocenters. The van der Waals surface area contributed by atoms with Crippen LogP contribution in [0.5, 0.6) is 0 Å². The Kier molecular flexibility index (Phi) is 5.42. The Balaban J connectivity index is 1.49. The third-order valence-electron chi connectivity index (χ3n) is 6.57. The molecule has 2 N–H and O–H groups in total. The van der Waals surface area contributed by atoms with Crippen LogP contribution in [0.4, 0.5) is 0 Å². The Labute approximate surface area is 179 Å². The monoisotopic (exact) mass is 395 g/mol. The first-order valence-corrected chi connectivity index (χ1v) is 11.3. The SMILES string of the molecule is Cc1ccc2c(c1)c1c(n2Cc2ccccc2)[C@@H]([NH2+]CCc2ccccc2)CCC1. The molecule has 4 aromatic rings. The van der Waals surface area contributed by atoms with E-state index in [0.29, 0.717) is 6.04 Å². The van der Waals surface area contributed by atoms with Gasteiger partial charge in [0.15, 0.2) is 0 Å². The van der Waals surface area contributed by atoms with Crippen LogP contribution in [0.3, 0.4) is 0 Å². The summed E-state index contributed by atoms with van der Waals surface area (Å²) in [4.78, 5) is 0. The number of aromatic nitrogens is 1. The van der Waals surface area contributed by atoms with Gasteiger partial charge in [0.05, 0.1) is 12.2 Å². The number of benzene rings is 3. The van der Waals surface area contributed by atoms with Gasteiger partial charge in [-0.2, -0.15) is 0 Å². The summed E-state index contributed by atoms with van der Waals surface area (Å²) in [5.41, 5.74) is 8.74. The lowest BCUT2D eigenvalue weighted by atomic mass is 9.91. The van der Waals surface area contributed by atoms with E-state index in [0.717, 1.165) is 19.5 Å². The molecule has 0 saturated carbocycles. The Morgan fingerprint density at radius 2 is 1.63 bits per heavy atom. The lowest BCUT2D eigenvalue weighted by Crippen LogP contribution is -2.86. The number of quaternary nitrogens is 1. The number of aryl methyl sites for hydroxylation is 2. The van der Waals surface area contributed by atoms with Crippen LogP contribution >= 0.6 is 0 Å². The molecule has 0 radical (unpaired) electrons. The minimum Gasteiger partial charge on any atom is -0.339 e. The summed E-state index contributed by atoms with van der Waals surface area (Å²) in [6.07, 6.45) is 4.90. The van der Waals surface area contributed by atoms with Gasteiger partial charge < -0.3 is 9.88 Å². The Morgan fingerprint density at radius 1 is 0.900 bits per heavy atom. The van der Waals surface area contributed by atoms with Crippen molar-refractivity contribution >= 4 is 10.9 Å². The van der Waals surface area contributed by atoms with Crippen LogP contribution in [0.25, 0.3) is 10.9 Å². The normalized spacial score (nSPS) is 16.0. The van der Waals surface area contributed by atoms with Gasteiger partial charge in [-0.1, -0.05) is 72.3 Å². The van der Waals surface area contributed by atoms with Crippen LogP contribution in [-0.2, 0) is 19.4 Å². The van der Waals surface area contributed by atoms with Gasteiger partial charge in [0.2, 0.25) is 0 Å². The third kappa shape index (κ3) is 3.80. The quantitative estimate of drug-likeness (QED) is 0.464. The first-order chi connectivity index (χ1) is 14.8. The number of rotatable bonds is 6. The Hall–Kier alpha value is -2.84. The molecule has 3 aromatic carbocycles. The van der Waals surface area contributed by atoms with Crippen molar-refractivity contribution in [2.24, 2.45) is 0 Å². The highest BCUT2D eigenvalue weighted by molar-refractivity contribution is 5.86. The van der Waals surface area contributed by atoms with Crippen LogP contribution in [0.1, 0.15) is 46.8 Å². The van der Waals surface area contributed by atoms with E-state index in [1.165, 1.54) is 46.9 Å². The van der Waals surface area contributed by atoms with Crippen LogP contribution in [0.2, 0.25) is 0 Å². The zero-order chi connectivity index (χ0) is 20.3. The fourth-order valence-electron chi connectivity index (χ4n) is 5.14. The summed E-state index contributed by atoms with van der Waals surface area (Å²) in [5.74, 6) is 0. The van der Waals surface area contributed by atoms with E-state index in [4.69, 9.17) is 0 Å². The summed E-state index contributed by atoms with van der Waals surface area (Å²) in [7, 11) is 0. The van der Waals surface area contributed by atoms with E-state index < -0.39 is 0 Å². The number of hydrogen-bond donors (Lipinski definition) is 1. The molecule has 0 aliphatic heterocycles. The van der Waals surface area contributed by atoms with E-state index in [1.54, 1.807) is 11.3 Å². The molecule has 152 valence electrons. The fourth-order valence-corrected chi connectivity index (χ4v) is 5.14. The summed E-state index contributed by atoms with van der Waals surface area (Å²) >= 11 is 0. The molecule has 1 aliphatic carbocycles. The van der Waals surface area contributed by atoms with Crippen molar-refractivity contribution in [1.29, 1.82) is 0 Å². The van der Waals surface area contributed by atoms with Crippen molar-refractivity contribution in [3.8, 4) is 0 Å². The first kappa shape index (κ1) is 19.1. The Bertz CT molecular complexity index is 1130. The molecule has 0 saturated heterocycles. The second kappa shape index (κ2) is 8.49. The third-order valence-corrected chi connectivity index (χ3v) is 6.57. The van der Waals surface area contributed by atoms with Crippen molar-refractivity contribution in [2.75, 3.05) is 6.54 Å². The molecule has 0 bridgehead atoms. The molecular formula is C28H31N2+. The lowest BCUT2D eigenvalue weighted by molar-refractivity contribution is -0.697. The zero-order valence-electron chi connectivity index (χ0n) is 17.9. The average molecular weight is 396 g/mol. The summed E-state index contributed by atoms with van der Waals surface area (Å²) in [6.45, 7) is 4.31. The molecule has 2 heteroatoms. The van der Waals surface area contributed by atoms with Gasteiger partial charge in [-0.05, 0) is 48.6 Å². The van der Waals surface area contributed by atoms with Crippen molar-refractivity contribution < 1.29 is 5.32 Å². The largest absolute Gasteiger partial charge is 0.339 e. The summed E-state index contributed by atoms with van der Waals surface area (Å²) in [6, 6.07) is 29.4. The topological polar surface area (TPSA) is 21.5 Å². The highest BCUT2D eigenvalue weighted by atomic mass is 15.0. The van der Waals surface area contributed by atoms with Gasteiger partial charge in [-0.25, -0.2) is 0 Å². The van der Waals surface area contributed by atoms with E-state index in [2.05, 4.69) is 95.7 Å². The van der Waals surface area contributed by atoms with Gasteiger partial charge >= 0.3 is 0 Å². The van der Waals surface area contributed by atoms with Crippen molar-refractivity contribution in [3.63, 3.8) is 0 Å². The van der Waals surface area contributed by atoms with E-state index >= 15 is 0 Å². The van der Waals surface area contributed by atoms with Gasteiger partial charge in [0, 0.05) is 30.3 Å². The Morgan fingerprint density at radius 3 is 2.40 bits per heavy atom. The summed E-state index contributed by atoms with van der Waals surface area (Å²) < 4.78 is 2.61. The second-order valence-electron chi connectivity index (χ2n) is 8.71. The molecule has 1 aromatic heterocycles. The van der Waals surface area contributed by atoms with Gasteiger partial charge in [0.1, 0.15) is 6.04 Å². The molecular weight excluding hydrogens is 364 g/mol. The molecule has 30 heavy (non-hydrogen) atoms. The van der Waals surface area contributed by atoms with Crippen LogP contribution in [-0.4, -0.2) is 11.1 Å². The minimum absolute atomic E-state index is 0.550. The molecule has 1 atom stereocenters. The van der Waals surface area contributed by atoms with Gasteiger partial charge in [-0.3, -0.25) is 0 Å². The molecule has 0 amide bonds. The van der Waals surface area contributed by atoms with Crippen LogP contribution in [0, 0.1) is 6.92 Å². The van der Waals surface area contributed by atoms with E-state index in [9.17, 15) is 0 Å². The molecule has 1 aliphatic rings. The number of nitrogens with zero attached hydrogens (tertiary/aromatic N) is 1. The highest BCUT2D eigenvalue weighted by Crippen LogP contribution is 2.36. The maximum absolute atomic E-state index is 2.61. The van der Waals surface area contributed by atoms with Crippen molar-refractivity contribution in [1.82, 2.24) is 4.57 Å². The zero-order valence-corrected chi connectivity index (χ0v) is 17.9. The first-order valence-electron chi connectivity index (χ1n) is 11.3. The maximum atomic E-state index is 2.61.